The summed E-state index contributed by atoms with van der Waals surface area (Å²) >= 11 is 0. The smallest absolute Gasteiger partial charge is 0.220 e. The Kier molecular flexibility index (Phi) is 5.73. The predicted molar refractivity (Wildman–Crippen MR) is 133 cm³/mol. The molecule has 0 N–H and O–H groups in total. The molecule has 162 valence electrons. The maximum Gasteiger partial charge on any atom is 0.220 e. The Labute approximate surface area is 193 Å². The minimum atomic E-state index is 0.0378. The number of carbonyl (C=O) groups is 1. The average molecular weight is 432 g/mol. The Morgan fingerprint density at radius 3 is 2.18 bits per heavy atom. The van der Waals surface area contributed by atoms with Gasteiger partial charge in [0.25, 0.3) is 0 Å². The Morgan fingerprint density at radius 1 is 0.788 bits per heavy atom. The lowest BCUT2D eigenvalue weighted by atomic mass is 10.0. The molecule has 0 spiro atoms. The fourth-order valence-electron chi connectivity index (χ4n) is 4.11. The Morgan fingerprint density at radius 2 is 1.45 bits per heavy atom. The van der Waals surface area contributed by atoms with E-state index in [1.807, 2.05) is 88.6 Å². The van der Waals surface area contributed by atoms with Gasteiger partial charge >= 0.3 is 0 Å². The van der Waals surface area contributed by atoms with Crippen LogP contribution < -0.4 is 0 Å². The van der Waals surface area contributed by atoms with Crippen molar-refractivity contribution < 1.29 is 4.79 Å². The van der Waals surface area contributed by atoms with Crippen molar-refractivity contribution in [3.63, 3.8) is 0 Å². The summed E-state index contributed by atoms with van der Waals surface area (Å²) < 4.78 is 1.90. The highest BCUT2D eigenvalue weighted by Gasteiger charge is 2.18. The minimum Gasteiger partial charge on any atom is -0.334 e. The van der Waals surface area contributed by atoms with Crippen molar-refractivity contribution in [2.24, 2.45) is 0 Å². The van der Waals surface area contributed by atoms with E-state index < -0.39 is 0 Å². The fraction of sp³-hybridized carbons (Fsp3) is 0.103. The van der Waals surface area contributed by atoms with E-state index in [0.29, 0.717) is 13.1 Å². The van der Waals surface area contributed by atoms with E-state index in [9.17, 15) is 4.79 Å². The number of fused-ring (bicyclic) bond motifs is 1. The van der Waals surface area contributed by atoms with Crippen LogP contribution in [0.1, 0.15) is 18.1 Å². The van der Waals surface area contributed by atoms with Gasteiger partial charge in [-0.25, -0.2) is 4.68 Å². The summed E-state index contributed by atoms with van der Waals surface area (Å²) in [6.07, 6.45) is 2.04. The van der Waals surface area contributed by atoms with Crippen LogP contribution in [0.25, 0.3) is 27.7 Å². The highest BCUT2D eigenvalue weighted by molar-refractivity contribution is 5.87. The van der Waals surface area contributed by atoms with E-state index in [0.717, 1.165) is 28.1 Å². The summed E-state index contributed by atoms with van der Waals surface area (Å²) in [5.41, 5.74) is 5.05. The lowest BCUT2D eigenvalue weighted by molar-refractivity contribution is -0.130. The summed E-state index contributed by atoms with van der Waals surface area (Å²) in [6, 6.07) is 34.9. The maximum atomic E-state index is 12.6. The number of amides is 1. The van der Waals surface area contributed by atoms with E-state index in [4.69, 9.17) is 5.10 Å². The lowest BCUT2D eigenvalue weighted by Gasteiger charge is -2.21. The van der Waals surface area contributed by atoms with Crippen LogP contribution in [0.2, 0.25) is 0 Å². The van der Waals surface area contributed by atoms with Gasteiger partial charge in [0.05, 0.1) is 11.4 Å². The molecule has 5 rings (SSSR count). The van der Waals surface area contributed by atoms with Gasteiger partial charge in [-0.15, -0.1) is 0 Å². The zero-order chi connectivity index (χ0) is 22.6. The Bertz CT molecular complexity index is 1390. The largest absolute Gasteiger partial charge is 0.334 e. The van der Waals surface area contributed by atoms with E-state index in [-0.39, 0.29) is 5.91 Å². The zero-order valence-electron chi connectivity index (χ0n) is 18.6. The summed E-state index contributed by atoms with van der Waals surface area (Å²) in [6.45, 7) is 2.67. The number of aromatic nitrogens is 2. The molecule has 33 heavy (non-hydrogen) atoms. The van der Waals surface area contributed by atoms with E-state index in [1.165, 1.54) is 10.8 Å². The molecule has 4 nitrogen and oxygen atoms in total. The number of carbonyl (C=O) groups excluding carboxylic acids is 1. The quantitative estimate of drug-likeness (QED) is 0.319. The lowest BCUT2D eigenvalue weighted by Crippen LogP contribution is -2.27. The van der Waals surface area contributed by atoms with Crippen molar-refractivity contribution in [2.75, 3.05) is 0 Å². The molecule has 4 aromatic carbocycles. The number of para-hydroxylation sites is 1. The molecule has 0 bridgehead atoms. The number of rotatable bonds is 6. The highest BCUT2D eigenvalue weighted by atomic mass is 16.2. The Hall–Kier alpha value is -4.18. The van der Waals surface area contributed by atoms with Crippen molar-refractivity contribution in [2.45, 2.75) is 20.0 Å². The van der Waals surface area contributed by atoms with Gasteiger partial charge in [-0.1, -0.05) is 84.9 Å². The van der Waals surface area contributed by atoms with Crippen molar-refractivity contribution in [1.82, 2.24) is 14.7 Å². The standard InChI is InChI=1S/C29H25N3O/c1-22(33)31(19-23-10-4-2-5-11-23)20-27-21-32(28-14-6-3-7-15-28)30-29(27)26-17-16-24-12-8-9-13-25(24)18-26/h2-18,21H,19-20H2,1H3. The van der Waals surface area contributed by atoms with Crippen LogP contribution in [0.3, 0.4) is 0 Å². The van der Waals surface area contributed by atoms with E-state index in [2.05, 4.69) is 30.3 Å². The number of benzene rings is 4. The van der Waals surface area contributed by atoms with Crippen LogP contribution in [0.15, 0.2) is 109 Å². The predicted octanol–water partition coefficient (Wildman–Crippen LogP) is 6.24. The number of nitrogens with zero attached hydrogens (tertiary/aromatic N) is 3. The number of hydrogen-bond donors (Lipinski definition) is 0. The monoisotopic (exact) mass is 431 g/mol. The molecule has 0 aliphatic rings. The third-order valence-electron chi connectivity index (χ3n) is 5.86. The maximum absolute atomic E-state index is 12.6. The van der Waals surface area contributed by atoms with Crippen molar-refractivity contribution in [3.8, 4) is 16.9 Å². The van der Waals surface area contributed by atoms with Crippen molar-refractivity contribution >= 4 is 16.7 Å². The van der Waals surface area contributed by atoms with Crippen molar-refractivity contribution in [3.05, 3.63) is 120 Å². The summed E-state index contributed by atoms with van der Waals surface area (Å²) in [5, 5.41) is 7.32. The second-order valence-electron chi connectivity index (χ2n) is 8.21. The topological polar surface area (TPSA) is 38.1 Å². The van der Waals surface area contributed by atoms with Crippen LogP contribution in [-0.2, 0) is 17.9 Å². The van der Waals surface area contributed by atoms with Gasteiger partial charge in [0.15, 0.2) is 0 Å². The highest BCUT2D eigenvalue weighted by Crippen LogP contribution is 2.28. The van der Waals surface area contributed by atoms with E-state index in [1.54, 1.807) is 6.92 Å². The molecule has 0 radical (unpaired) electrons. The second-order valence-corrected chi connectivity index (χ2v) is 8.21. The van der Waals surface area contributed by atoms with Crippen LogP contribution >= 0.6 is 0 Å². The minimum absolute atomic E-state index is 0.0378. The van der Waals surface area contributed by atoms with Gasteiger partial charge in [0.2, 0.25) is 5.91 Å². The molecule has 5 aromatic rings. The van der Waals surface area contributed by atoms with Crippen LogP contribution in [0, 0.1) is 0 Å². The SMILES string of the molecule is CC(=O)N(Cc1ccccc1)Cc1cn(-c2ccccc2)nc1-c1ccc2ccccc2c1. The third kappa shape index (κ3) is 4.55. The fourth-order valence-corrected chi connectivity index (χ4v) is 4.11. The molecular weight excluding hydrogens is 406 g/mol. The molecule has 0 aliphatic carbocycles. The second kappa shape index (κ2) is 9.13. The van der Waals surface area contributed by atoms with Gasteiger partial charge in [-0.3, -0.25) is 4.79 Å². The zero-order valence-corrected chi connectivity index (χ0v) is 18.6. The molecule has 0 unspecified atom stereocenters. The van der Waals surface area contributed by atoms with Crippen LogP contribution in [-0.4, -0.2) is 20.6 Å². The average Bonchev–Trinajstić information content (AvgIpc) is 3.28. The first-order valence-corrected chi connectivity index (χ1v) is 11.1. The first-order valence-electron chi connectivity index (χ1n) is 11.1. The molecule has 0 aliphatic heterocycles. The van der Waals surface area contributed by atoms with Crippen LogP contribution in [0.5, 0.6) is 0 Å². The van der Waals surface area contributed by atoms with Crippen molar-refractivity contribution in [1.29, 1.82) is 0 Å². The summed E-state index contributed by atoms with van der Waals surface area (Å²) in [5.74, 6) is 0.0378. The molecule has 1 aromatic heterocycles. The van der Waals surface area contributed by atoms with E-state index >= 15 is 0 Å². The van der Waals surface area contributed by atoms with Gasteiger partial charge in [-0.2, -0.15) is 5.10 Å². The molecule has 4 heteroatoms. The van der Waals surface area contributed by atoms with Gasteiger partial charge < -0.3 is 4.90 Å². The molecule has 0 saturated carbocycles. The van der Waals surface area contributed by atoms with Gasteiger partial charge in [-0.05, 0) is 34.5 Å². The summed E-state index contributed by atoms with van der Waals surface area (Å²) in [7, 11) is 0. The molecule has 0 atom stereocenters. The number of hydrogen-bond acceptors (Lipinski definition) is 2. The summed E-state index contributed by atoms with van der Waals surface area (Å²) in [4.78, 5) is 14.4. The first-order chi connectivity index (χ1) is 16.2. The molecular formula is C29H25N3O. The van der Waals surface area contributed by atoms with Gasteiger partial charge in [0.1, 0.15) is 0 Å². The molecule has 1 amide bonds. The van der Waals surface area contributed by atoms with Crippen LogP contribution in [0.4, 0.5) is 0 Å². The van der Waals surface area contributed by atoms with Gasteiger partial charge in [0, 0.05) is 37.3 Å². The molecule has 0 fully saturated rings. The Balaban J connectivity index is 1.57. The molecule has 0 saturated heterocycles. The first kappa shape index (κ1) is 20.7. The third-order valence-corrected chi connectivity index (χ3v) is 5.86. The normalized spacial score (nSPS) is 10.9. The molecule has 1 heterocycles.